The van der Waals surface area contributed by atoms with Crippen LogP contribution >= 0.6 is 0 Å². The van der Waals surface area contributed by atoms with Gasteiger partial charge in [-0.25, -0.2) is 4.79 Å². The fraction of sp³-hybridized carbons (Fsp3) is 0.478. The topological polar surface area (TPSA) is 213 Å². The molecule has 0 saturated carbocycles. The first-order valence-electron chi connectivity index (χ1n) is 11.4. The number of carbonyl (C=O) groups excluding carboxylic acids is 3. The maximum absolute atomic E-state index is 12.9. The third-order valence-electron chi connectivity index (χ3n) is 5.56. The zero-order valence-corrected chi connectivity index (χ0v) is 19.6. The van der Waals surface area contributed by atoms with E-state index in [0.29, 0.717) is 19.4 Å². The van der Waals surface area contributed by atoms with Gasteiger partial charge in [0.05, 0.1) is 12.6 Å². The van der Waals surface area contributed by atoms with E-state index >= 15 is 0 Å². The van der Waals surface area contributed by atoms with Crippen molar-refractivity contribution >= 4 is 34.6 Å². The summed E-state index contributed by atoms with van der Waals surface area (Å²) in [6.45, 7) is 1.28. The molecule has 1 aromatic heterocycles. The molecule has 12 nitrogen and oxygen atoms in total. The van der Waals surface area contributed by atoms with Crippen molar-refractivity contribution in [1.29, 1.82) is 0 Å². The summed E-state index contributed by atoms with van der Waals surface area (Å²) in [5.41, 5.74) is 12.6. The number of fused-ring (bicyclic) bond motifs is 1. The van der Waals surface area contributed by atoms with E-state index in [1.54, 1.807) is 6.20 Å². The minimum Gasteiger partial charge on any atom is -0.480 e. The Balaban J connectivity index is 2.04. The van der Waals surface area contributed by atoms with Crippen LogP contribution in [0.2, 0.25) is 0 Å². The Morgan fingerprint density at radius 1 is 1.06 bits per heavy atom. The fourth-order valence-corrected chi connectivity index (χ4v) is 3.50. The Morgan fingerprint density at radius 2 is 1.77 bits per heavy atom. The van der Waals surface area contributed by atoms with Crippen LogP contribution in [0.4, 0.5) is 0 Å². The van der Waals surface area contributed by atoms with Crippen molar-refractivity contribution in [3.63, 3.8) is 0 Å². The lowest BCUT2D eigenvalue weighted by Gasteiger charge is -2.22. The molecule has 0 saturated heterocycles. The van der Waals surface area contributed by atoms with E-state index in [0.717, 1.165) is 16.5 Å². The highest BCUT2D eigenvalue weighted by Crippen LogP contribution is 2.19. The average molecular weight is 491 g/mol. The number of nitrogens with one attached hydrogen (secondary N) is 4. The number of carbonyl (C=O) groups is 4. The van der Waals surface area contributed by atoms with Gasteiger partial charge in [0.25, 0.3) is 0 Å². The molecule has 0 spiro atoms. The molecule has 1 aromatic carbocycles. The number of H-pyrrole nitrogens is 1. The molecular weight excluding hydrogens is 456 g/mol. The van der Waals surface area contributed by atoms with E-state index in [1.165, 1.54) is 6.92 Å². The van der Waals surface area contributed by atoms with Crippen LogP contribution in [0.3, 0.4) is 0 Å². The average Bonchev–Trinajstić information content (AvgIpc) is 3.23. The van der Waals surface area contributed by atoms with Crippen LogP contribution in [0.15, 0.2) is 30.5 Å². The monoisotopic (exact) mass is 490 g/mol. The molecule has 0 radical (unpaired) electrons. The van der Waals surface area contributed by atoms with Crippen LogP contribution in [0.25, 0.3) is 10.9 Å². The van der Waals surface area contributed by atoms with Crippen LogP contribution in [0.1, 0.15) is 31.7 Å². The number of benzene rings is 1. The summed E-state index contributed by atoms with van der Waals surface area (Å²) in [4.78, 5) is 52.1. The van der Waals surface area contributed by atoms with Crippen LogP contribution < -0.4 is 27.4 Å². The number of aliphatic carboxylic acids is 1. The molecule has 4 atom stereocenters. The van der Waals surface area contributed by atoms with Crippen molar-refractivity contribution in [3.8, 4) is 0 Å². The lowest BCUT2D eigenvalue weighted by Crippen LogP contribution is -2.54. The molecule has 0 bridgehead atoms. The van der Waals surface area contributed by atoms with E-state index in [-0.39, 0.29) is 12.8 Å². The normalized spacial score (nSPS) is 14.5. The van der Waals surface area contributed by atoms with E-state index in [4.69, 9.17) is 11.5 Å². The Bertz CT molecular complexity index is 1020. The fourth-order valence-electron chi connectivity index (χ4n) is 3.50. The molecule has 3 amide bonds. The molecule has 1 heterocycles. The lowest BCUT2D eigenvalue weighted by atomic mass is 10.0. The number of aromatic nitrogens is 1. The molecule has 192 valence electrons. The first kappa shape index (κ1) is 27.8. The summed E-state index contributed by atoms with van der Waals surface area (Å²) < 4.78 is 0. The number of aliphatic hydroxyl groups excluding tert-OH is 1. The number of amides is 3. The van der Waals surface area contributed by atoms with Crippen molar-refractivity contribution in [2.24, 2.45) is 11.5 Å². The van der Waals surface area contributed by atoms with Gasteiger partial charge in [-0.05, 0) is 44.4 Å². The third-order valence-corrected chi connectivity index (χ3v) is 5.56. The van der Waals surface area contributed by atoms with Gasteiger partial charge in [-0.3, -0.25) is 14.4 Å². The number of rotatable bonds is 14. The second-order valence-corrected chi connectivity index (χ2v) is 8.35. The first-order valence-corrected chi connectivity index (χ1v) is 11.4. The number of carboxylic acids is 1. The number of carboxylic acid groups (broad SMARTS) is 1. The van der Waals surface area contributed by atoms with Crippen molar-refractivity contribution in [2.45, 2.75) is 56.8 Å². The Hall–Kier alpha value is -3.48. The van der Waals surface area contributed by atoms with E-state index in [1.807, 2.05) is 24.3 Å². The Morgan fingerprint density at radius 3 is 2.43 bits per heavy atom. The van der Waals surface area contributed by atoms with Crippen molar-refractivity contribution in [1.82, 2.24) is 20.9 Å². The zero-order chi connectivity index (χ0) is 26.0. The van der Waals surface area contributed by atoms with Gasteiger partial charge in [0, 0.05) is 23.5 Å². The zero-order valence-electron chi connectivity index (χ0n) is 19.6. The SMILES string of the molecule is CC(O)C(N)C(=O)NCC(=O)NC(CCCCN)C(=O)NC(Cc1c[nH]c2ccccc12)C(=O)O. The van der Waals surface area contributed by atoms with Gasteiger partial charge in [0.2, 0.25) is 17.7 Å². The number of hydrogen-bond acceptors (Lipinski definition) is 7. The number of aromatic amines is 1. The first-order chi connectivity index (χ1) is 16.6. The molecule has 2 aromatic rings. The number of nitrogens with two attached hydrogens (primary N) is 2. The van der Waals surface area contributed by atoms with Crippen LogP contribution in [0.5, 0.6) is 0 Å². The van der Waals surface area contributed by atoms with Crippen molar-refractivity contribution < 1.29 is 29.4 Å². The molecular formula is C23H34N6O6. The summed E-state index contributed by atoms with van der Waals surface area (Å²) in [7, 11) is 0. The van der Waals surface area contributed by atoms with Gasteiger partial charge in [-0.1, -0.05) is 18.2 Å². The highest BCUT2D eigenvalue weighted by Gasteiger charge is 2.27. The minimum atomic E-state index is -1.22. The maximum Gasteiger partial charge on any atom is 0.326 e. The van der Waals surface area contributed by atoms with Crippen LogP contribution in [-0.2, 0) is 25.6 Å². The summed E-state index contributed by atoms with van der Waals surface area (Å²) in [5.74, 6) is -3.25. The van der Waals surface area contributed by atoms with Gasteiger partial charge in [0.15, 0.2) is 0 Å². The van der Waals surface area contributed by atoms with E-state index in [2.05, 4.69) is 20.9 Å². The summed E-state index contributed by atoms with van der Waals surface area (Å²) in [6, 6.07) is 3.96. The van der Waals surface area contributed by atoms with Crippen LogP contribution in [0, 0.1) is 0 Å². The second kappa shape index (κ2) is 13.4. The quantitative estimate of drug-likeness (QED) is 0.149. The smallest absolute Gasteiger partial charge is 0.326 e. The van der Waals surface area contributed by atoms with Gasteiger partial charge >= 0.3 is 5.97 Å². The molecule has 12 heteroatoms. The van der Waals surface area contributed by atoms with Crippen molar-refractivity contribution in [3.05, 3.63) is 36.0 Å². The number of unbranched alkanes of at least 4 members (excludes halogenated alkanes) is 1. The standard InChI is InChI=1S/C23H34N6O6/c1-13(30)20(25)22(33)27-12-19(31)28-17(8-4-5-9-24)21(32)29-18(23(34)35)10-14-11-26-16-7-3-2-6-15(14)16/h2-3,6-7,11,13,17-18,20,26,30H,4-5,8-10,12,24-25H2,1H3,(H,27,33)(H,28,31)(H,29,32)(H,34,35). The maximum atomic E-state index is 12.9. The highest BCUT2D eigenvalue weighted by atomic mass is 16.4. The van der Waals surface area contributed by atoms with Gasteiger partial charge in [0.1, 0.15) is 18.1 Å². The third kappa shape index (κ3) is 8.35. The molecule has 35 heavy (non-hydrogen) atoms. The van der Waals surface area contributed by atoms with Crippen molar-refractivity contribution in [2.75, 3.05) is 13.1 Å². The molecule has 0 aliphatic rings. The summed E-state index contributed by atoms with van der Waals surface area (Å²) in [6.07, 6.45) is 2.01. The molecule has 2 rings (SSSR count). The number of aliphatic hydroxyl groups is 1. The predicted molar refractivity (Wildman–Crippen MR) is 129 cm³/mol. The second-order valence-electron chi connectivity index (χ2n) is 8.35. The Labute approximate surface area is 202 Å². The predicted octanol–water partition coefficient (Wildman–Crippen LogP) is -1.28. The van der Waals surface area contributed by atoms with E-state index < -0.39 is 54.5 Å². The molecule has 4 unspecified atom stereocenters. The summed E-state index contributed by atoms with van der Waals surface area (Å²) >= 11 is 0. The summed E-state index contributed by atoms with van der Waals surface area (Å²) in [5, 5.41) is 27.3. The van der Waals surface area contributed by atoms with Gasteiger partial charge in [-0.2, -0.15) is 0 Å². The van der Waals surface area contributed by atoms with Crippen LogP contribution in [-0.4, -0.2) is 76.2 Å². The number of para-hydroxylation sites is 1. The van der Waals surface area contributed by atoms with Gasteiger partial charge in [-0.15, -0.1) is 0 Å². The highest BCUT2D eigenvalue weighted by molar-refractivity contribution is 5.93. The largest absolute Gasteiger partial charge is 0.480 e. The molecule has 0 aliphatic carbocycles. The minimum absolute atomic E-state index is 0.0435. The lowest BCUT2D eigenvalue weighted by molar-refractivity contribution is -0.142. The molecule has 10 N–H and O–H groups in total. The Kier molecular flexibility index (Phi) is 10.6. The van der Waals surface area contributed by atoms with E-state index in [9.17, 15) is 29.4 Å². The molecule has 0 aliphatic heterocycles. The van der Waals surface area contributed by atoms with Gasteiger partial charge < -0.3 is 42.6 Å². The molecule has 0 fully saturated rings. The number of hydrogen-bond donors (Lipinski definition) is 8.